The van der Waals surface area contributed by atoms with E-state index in [1.165, 1.54) is 6.07 Å². The summed E-state index contributed by atoms with van der Waals surface area (Å²) in [6.45, 7) is 2.09. The fourth-order valence-electron chi connectivity index (χ4n) is 3.13. The normalized spacial score (nSPS) is 21.4. The molecule has 0 aromatic heterocycles. The highest BCUT2D eigenvalue weighted by Crippen LogP contribution is 2.41. The SMILES string of the molecule is COc1ccc(C(Cc2ccccc2F)C2(C)CSC(N)=N2)cc1. The van der Waals surface area contributed by atoms with Crippen LogP contribution in [0.5, 0.6) is 5.75 Å². The number of nitrogens with two attached hydrogens (primary N) is 1. The van der Waals surface area contributed by atoms with E-state index in [0.29, 0.717) is 17.2 Å². The van der Waals surface area contributed by atoms with Crippen LogP contribution in [0.4, 0.5) is 4.39 Å². The molecule has 2 aromatic rings. The molecule has 0 saturated heterocycles. The minimum absolute atomic E-state index is 0.0360. The summed E-state index contributed by atoms with van der Waals surface area (Å²) < 4.78 is 19.4. The second kappa shape index (κ2) is 6.85. The number of hydrogen-bond donors (Lipinski definition) is 1. The van der Waals surface area contributed by atoms with Gasteiger partial charge in [0, 0.05) is 11.7 Å². The average Bonchev–Trinajstić information content (AvgIpc) is 2.94. The Labute approximate surface area is 146 Å². The summed E-state index contributed by atoms with van der Waals surface area (Å²) in [6.07, 6.45) is 0.576. The van der Waals surface area contributed by atoms with Crippen LogP contribution in [0.3, 0.4) is 0 Å². The third-order valence-electron chi connectivity index (χ3n) is 4.53. The van der Waals surface area contributed by atoms with Crippen molar-refractivity contribution in [2.75, 3.05) is 12.9 Å². The average molecular weight is 344 g/mol. The van der Waals surface area contributed by atoms with Crippen LogP contribution in [0, 0.1) is 5.82 Å². The maximum absolute atomic E-state index is 14.2. The molecular formula is C19H21FN2OS. The molecule has 5 heteroatoms. The number of thioether (sulfide) groups is 1. The van der Waals surface area contributed by atoms with Crippen LogP contribution in [0.15, 0.2) is 53.5 Å². The molecule has 0 spiro atoms. The molecule has 0 bridgehead atoms. The van der Waals surface area contributed by atoms with Gasteiger partial charge in [0.25, 0.3) is 0 Å². The lowest BCUT2D eigenvalue weighted by Crippen LogP contribution is -2.33. The Balaban J connectivity index is 1.99. The smallest absolute Gasteiger partial charge is 0.154 e. The Morgan fingerprint density at radius 1 is 1.25 bits per heavy atom. The Bertz CT molecular complexity index is 747. The number of amidine groups is 1. The van der Waals surface area contributed by atoms with Crippen molar-refractivity contribution in [1.29, 1.82) is 0 Å². The van der Waals surface area contributed by atoms with Gasteiger partial charge in [0.1, 0.15) is 11.6 Å². The van der Waals surface area contributed by atoms with Gasteiger partial charge in [-0.15, -0.1) is 0 Å². The molecule has 0 radical (unpaired) electrons. The zero-order valence-corrected chi connectivity index (χ0v) is 14.6. The zero-order chi connectivity index (χ0) is 17.2. The first-order valence-corrected chi connectivity index (χ1v) is 8.86. The van der Waals surface area contributed by atoms with Crippen LogP contribution >= 0.6 is 11.8 Å². The molecule has 1 aliphatic heterocycles. The Kier molecular flexibility index (Phi) is 4.81. The molecule has 126 valence electrons. The number of aliphatic imine (C=N–C) groups is 1. The number of hydrogen-bond acceptors (Lipinski definition) is 4. The Morgan fingerprint density at radius 3 is 2.54 bits per heavy atom. The predicted molar refractivity (Wildman–Crippen MR) is 98.3 cm³/mol. The van der Waals surface area contributed by atoms with Gasteiger partial charge in [-0.2, -0.15) is 0 Å². The van der Waals surface area contributed by atoms with E-state index in [-0.39, 0.29) is 17.3 Å². The molecule has 1 aliphatic rings. The van der Waals surface area contributed by atoms with E-state index in [0.717, 1.165) is 17.1 Å². The van der Waals surface area contributed by atoms with Gasteiger partial charge in [0.15, 0.2) is 5.17 Å². The third-order valence-corrected chi connectivity index (χ3v) is 5.64. The summed E-state index contributed by atoms with van der Waals surface area (Å²) in [5.41, 5.74) is 7.37. The van der Waals surface area contributed by atoms with Gasteiger partial charge >= 0.3 is 0 Å². The summed E-state index contributed by atoms with van der Waals surface area (Å²) in [4.78, 5) is 4.67. The van der Waals surface area contributed by atoms with E-state index in [1.807, 2.05) is 36.4 Å². The van der Waals surface area contributed by atoms with Crippen molar-refractivity contribution in [2.45, 2.75) is 24.8 Å². The van der Waals surface area contributed by atoms with E-state index in [4.69, 9.17) is 10.5 Å². The van der Waals surface area contributed by atoms with Crippen LogP contribution in [-0.2, 0) is 6.42 Å². The molecule has 0 amide bonds. The molecule has 2 unspecified atom stereocenters. The molecule has 2 N–H and O–H groups in total. The monoisotopic (exact) mass is 344 g/mol. The molecular weight excluding hydrogens is 323 g/mol. The highest BCUT2D eigenvalue weighted by atomic mass is 32.2. The van der Waals surface area contributed by atoms with Crippen molar-refractivity contribution in [3.63, 3.8) is 0 Å². The van der Waals surface area contributed by atoms with Crippen molar-refractivity contribution < 1.29 is 9.13 Å². The van der Waals surface area contributed by atoms with E-state index in [2.05, 4.69) is 11.9 Å². The van der Waals surface area contributed by atoms with Gasteiger partial charge in [0.05, 0.1) is 12.6 Å². The molecule has 3 rings (SSSR count). The minimum atomic E-state index is -0.356. The number of halogens is 1. The highest BCUT2D eigenvalue weighted by Gasteiger charge is 2.39. The Hall–Kier alpha value is -2.01. The lowest BCUT2D eigenvalue weighted by molar-refractivity contribution is 0.409. The van der Waals surface area contributed by atoms with Crippen molar-refractivity contribution in [3.8, 4) is 5.75 Å². The topological polar surface area (TPSA) is 47.6 Å². The van der Waals surface area contributed by atoms with Crippen LogP contribution < -0.4 is 10.5 Å². The summed E-state index contributed by atoms with van der Waals surface area (Å²) in [5.74, 6) is 1.46. The second-order valence-corrected chi connectivity index (χ2v) is 7.21. The lowest BCUT2D eigenvalue weighted by Gasteiger charge is -2.31. The first-order chi connectivity index (χ1) is 11.5. The van der Waals surface area contributed by atoms with E-state index in [1.54, 1.807) is 24.9 Å². The molecule has 1 heterocycles. The first-order valence-electron chi connectivity index (χ1n) is 7.87. The zero-order valence-electron chi connectivity index (χ0n) is 13.8. The summed E-state index contributed by atoms with van der Waals surface area (Å²) in [6, 6.07) is 14.9. The van der Waals surface area contributed by atoms with Gasteiger partial charge in [0.2, 0.25) is 0 Å². The quantitative estimate of drug-likeness (QED) is 0.892. The standard InChI is InChI=1S/C19H21FN2OS/c1-19(12-24-18(21)22-19)16(11-14-5-3-4-6-17(14)20)13-7-9-15(23-2)10-8-13/h3-10,16H,11-12H2,1-2H3,(H2,21,22). The van der Waals surface area contributed by atoms with E-state index in [9.17, 15) is 4.39 Å². The molecule has 2 aromatic carbocycles. The first kappa shape index (κ1) is 16.8. The predicted octanol–water partition coefficient (Wildman–Crippen LogP) is 3.98. The second-order valence-electron chi connectivity index (χ2n) is 6.22. The molecule has 0 fully saturated rings. The van der Waals surface area contributed by atoms with Crippen LogP contribution in [0.25, 0.3) is 0 Å². The molecule has 0 saturated carbocycles. The van der Waals surface area contributed by atoms with Gasteiger partial charge in [-0.3, -0.25) is 4.99 Å². The van der Waals surface area contributed by atoms with E-state index >= 15 is 0 Å². The van der Waals surface area contributed by atoms with Gasteiger partial charge in [-0.05, 0) is 42.7 Å². The fraction of sp³-hybridized carbons (Fsp3) is 0.316. The number of rotatable bonds is 5. The van der Waals surface area contributed by atoms with Gasteiger partial charge < -0.3 is 10.5 Å². The maximum atomic E-state index is 14.2. The maximum Gasteiger partial charge on any atom is 0.154 e. The highest BCUT2D eigenvalue weighted by molar-refractivity contribution is 8.14. The van der Waals surface area contributed by atoms with Gasteiger partial charge in [-0.25, -0.2) is 4.39 Å². The number of nitrogens with zero attached hydrogens (tertiary/aromatic N) is 1. The minimum Gasteiger partial charge on any atom is -0.497 e. The van der Waals surface area contributed by atoms with Gasteiger partial charge in [-0.1, -0.05) is 42.1 Å². The third kappa shape index (κ3) is 3.41. The summed E-state index contributed by atoms with van der Waals surface area (Å²) in [5, 5.41) is 0.601. The molecule has 3 nitrogen and oxygen atoms in total. The molecule has 0 aliphatic carbocycles. The van der Waals surface area contributed by atoms with E-state index < -0.39 is 0 Å². The number of ether oxygens (including phenoxy) is 1. The van der Waals surface area contributed by atoms with Crippen molar-refractivity contribution in [1.82, 2.24) is 0 Å². The van der Waals surface area contributed by atoms with Crippen molar-refractivity contribution in [2.24, 2.45) is 10.7 Å². The fourth-order valence-corrected chi connectivity index (χ4v) is 4.11. The molecule has 2 atom stereocenters. The van der Waals surface area contributed by atoms with Crippen molar-refractivity contribution >= 4 is 16.9 Å². The molecule has 24 heavy (non-hydrogen) atoms. The largest absolute Gasteiger partial charge is 0.497 e. The summed E-state index contributed by atoms with van der Waals surface area (Å²) >= 11 is 1.56. The number of methoxy groups -OCH3 is 1. The van der Waals surface area contributed by atoms with Crippen LogP contribution in [0.2, 0.25) is 0 Å². The van der Waals surface area contributed by atoms with Crippen molar-refractivity contribution in [3.05, 3.63) is 65.5 Å². The number of benzene rings is 2. The van der Waals surface area contributed by atoms with Crippen LogP contribution in [0.1, 0.15) is 24.0 Å². The summed E-state index contributed by atoms with van der Waals surface area (Å²) in [7, 11) is 1.64. The van der Waals surface area contributed by atoms with Crippen LogP contribution in [-0.4, -0.2) is 23.6 Å². The lowest BCUT2D eigenvalue weighted by atomic mass is 9.78. The Morgan fingerprint density at radius 2 is 1.96 bits per heavy atom.